The van der Waals surface area contributed by atoms with Gasteiger partial charge >= 0.3 is 0 Å². The SMILES string of the molecule is CC1N=C(C(=O)NCCCO)NN(c2ccccc2)C1=O. The van der Waals surface area contributed by atoms with Gasteiger partial charge in [-0.3, -0.25) is 15.0 Å². The highest BCUT2D eigenvalue weighted by molar-refractivity contribution is 6.39. The van der Waals surface area contributed by atoms with E-state index in [1.807, 2.05) is 18.2 Å². The van der Waals surface area contributed by atoms with E-state index in [9.17, 15) is 9.59 Å². The highest BCUT2D eigenvalue weighted by Crippen LogP contribution is 2.15. The number of para-hydroxylation sites is 1. The molecule has 3 N–H and O–H groups in total. The summed E-state index contributed by atoms with van der Waals surface area (Å²) in [6, 6.07) is 8.36. The number of amidine groups is 1. The number of aliphatic imine (C=N–C) groups is 1. The number of amides is 2. The summed E-state index contributed by atoms with van der Waals surface area (Å²) >= 11 is 0. The van der Waals surface area contributed by atoms with Crippen molar-refractivity contribution >= 4 is 23.3 Å². The van der Waals surface area contributed by atoms with E-state index in [2.05, 4.69) is 15.7 Å². The predicted octanol–water partition coefficient (Wildman–Crippen LogP) is -0.177. The average molecular weight is 290 g/mol. The largest absolute Gasteiger partial charge is 0.396 e. The number of hydrogen-bond acceptors (Lipinski definition) is 5. The molecule has 0 aliphatic carbocycles. The molecule has 1 heterocycles. The molecule has 7 heteroatoms. The lowest BCUT2D eigenvalue weighted by molar-refractivity contribution is -0.120. The van der Waals surface area contributed by atoms with Crippen LogP contribution in [0.5, 0.6) is 0 Å². The molecule has 112 valence electrons. The van der Waals surface area contributed by atoms with Crippen molar-refractivity contribution in [1.82, 2.24) is 10.7 Å². The van der Waals surface area contributed by atoms with Crippen LogP contribution in [0.1, 0.15) is 13.3 Å². The van der Waals surface area contributed by atoms with E-state index in [4.69, 9.17) is 5.11 Å². The summed E-state index contributed by atoms with van der Waals surface area (Å²) in [4.78, 5) is 28.2. The second kappa shape index (κ2) is 6.85. The van der Waals surface area contributed by atoms with Crippen molar-refractivity contribution in [3.05, 3.63) is 30.3 Å². The van der Waals surface area contributed by atoms with Gasteiger partial charge in [0.15, 0.2) is 0 Å². The van der Waals surface area contributed by atoms with Gasteiger partial charge in [0, 0.05) is 13.2 Å². The third-order valence-corrected chi connectivity index (χ3v) is 2.97. The number of carbonyl (C=O) groups excluding carboxylic acids is 2. The van der Waals surface area contributed by atoms with Gasteiger partial charge in [-0.1, -0.05) is 18.2 Å². The number of rotatable bonds is 5. The number of carbonyl (C=O) groups is 2. The Balaban J connectivity index is 2.12. The lowest BCUT2D eigenvalue weighted by Gasteiger charge is -2.30. The number of aliphatic hydroxyl groups excluding tert-OH is 1. The van der Waals surface area contributed by atoms with Crippen LogP contribution in [0.2, 0.25) is 0 Å². The van der Waals surface area contributed by atoms with Crippen molar-refractivity contribution < 1.29 is 14.7 Å². The lowest BCUT2D eigenvalue weighted by Crippen LogP contribution is -2.58. The Morgan fingerprint density at radius 2 is 2.14 bits per heavy atom. The van der Waals surface area contributed by atoms with E-state index >= 15 is 0 Å². The first-order chi connectivity index (χ1) is 10.1. The van der Waals surface area contributed by atoms with E-state index in [0.29, 0.717) is 18.7 Å². The zero-order valence-corrected chi connectivity index (χ0v) is 11.7. The molecule has 2 amide bonds. The molecule has 21 heavy (non-hydrogen) atoms. The van der Waals surface area contributed by atoms with Crippen LogP contribution < -0.4 is 15.8 Å². The Hall–Kier alpha value is -2.41. The van der Waals surface area contributed by atoms with Gasteiger partial charge in [-0.15, -0.1) is 0 Å². The van der Waals surface area contributed by atoms with Crippen LogP contribution >= 0.6 is 0 Å². The third-order valence-electron chi connectivity index (χ3n) is 2.97. The molecule has 0 fully saturated rings. The van der Waals surface area contributed by atoms with E-state index in [1.54, 1.807) is 19.1 Å². The Bertz CT molecular complexity index is 544. The molecule has 0 spiro atoms. The van der Waals surface area contributed by atoms with Crippen molar-refractivity contribution in [2.24, 2.45) is 4.99 Å². The fraction of sp³-hybridized carbons (Fsp3) is 0.357. The second-order valence-corrected chi connectivity index (χ2v) is 4.61. The summed E-state index contributed by atoms with van der Waals surface area (Å²) in [5, 5.41) is 12.7. The standard InChI is InChI=1S/C14H18N4O3/c1-10-14(21)18(11-6-3-2-4-7-11)17-12(16-10)13(20)15-8-5-9-19/h2-4,6-7,10,19H,5,8-9H2,1H3,(H,15,20)(H,16,17). The normalized spacial score (nSPS) is 18.0. The maximum absolute atomic E-state index is 12.1. The number of nitrogens with zero attached hydrogens (tertiary/aromatic N) is 2. The van der Waals surface area contributed by atoms with Gasteiger partial charge < -0.3 is 10.4 Å². The summed E-state index contributed by atoms with van der Waals surface area (Å²) in [6.07, 6.45) is 0.468. The molecule has 1 aliphatic rings. The van der Waals surface area contributed by atoms with Crippen molar-refractivity contribution in [2.45, 2.75) is 19.4 Å². The minimum absolute atomic E-state index is 0.00517. The molecule has 0 saturated carbocycles. The molecule has 7 nitrogen and oxygen atoms in total. The third kappa shape index (κ3) is 3.57. The molecule has 1 aromatic rings. The average Bonchev–Trinajstić information content (AvgIpc) is 2.51. The van der Waals surface area contributed by atoms with Crippen molar-refractivity contribution in [3.8, 4) is 0 Å². The van der Waals surface area contributed by atoms with Crippen LogP contribution in [0.25, 0.3) is 0 Å². The quantitative estimate of drug-likeness (QED) is 0.656. The van der Waals surface area contributed by atoms with Crippen molar-refractivity contribution in [2.75, 3.05) is 18.2 Å². The number of hydrogen-bond donors (Lipinski definition) is 3. The molecule has 0 aromatic heterocycles. The van der Waals surface area contributed by atoms with Crippen LogP contribution in [-0.4, -0.2) is 41.9 Å². The van der Waals surface area contributed by atoms with E-state index < -0.39 is 11.9 Å². The fourth-order valence-corrected chi connectivity index (χ4v) is 1.87. The van der Waals surface area contributed by atoms with Gasteiger partial charge in [0.05, 0.1) is 5.69 Å². The van der Waals surface area contributed by atoms with E-state index in [0.717, 1.165) is 0 Å². The predicted molar refractivity (Wildman–Crippen MR) is 78.7 cm³/mol. The van der Waals surface area contributed by atoms with Crippen molar-refractivity contribution in [3.63, 3.8) is 0 Å². The van der Waals surface area contributed by atoms with Gasteiger partial charge in [-0.25, -0.2) is 10.0 Å². The van der Waals surface area contributed by atoms with Gasteiger partial charge in [-0.2, -0.15) is 0 Å². The number of aliphatic hydroxyl groups is 1. The smallest absolute Gasteiger partial charge is 0.288 e. The summed E-state index contributed by atoms with van der Waals surface area (Å²) in [5.41, 5.74) is 3.38. The first-order valence-electron chi connectivity index (χ1n) is 6.76. The van der Waals surface area contributed by atoms with Crippen LogP contribution in [-0.2, 0) is 9.59 Å². The first kappa shape index (κ1) is 15.0. The number of nitrogens with one attached hydrogen (secondary N) is 2. The monoisotopic (exact) mass is 290 g/mol. The van der Waals surface area contributed by atoms with Gasteiger partial charge in [0.2, 0.25) is 5.84 Å². The van der Waals surface area contributed by atoms with Gasteiger partial charge in [0.1, 0.15) is 6.04 Å². The first-order valence-corrected chi connectivity index (χ1v) is 6.76. The number of anilines is 1. The fourth-order valence-electron chi connectivity index (χ4n) is 1.87. The zero-order valence-electron chi connectivity index (χ0n) is 11.7. The van der Waals surface area contributed by atoms with Crippen LogP contribution in [0.15, 0.2) is 35.3 Å². The molecule has 0 bridgehead atoms. The molecule has 0 saturated heterocycles. The molecule has 1 aromatic carbocycles. The lowest BCUT2D eigenvalue weighted by atomic mass is 10.2. The minimum Gasteiger partial charge on any atom is -0.396 e. The van der Waals surface area contributed by atoms with E-state index in [-0.39, 0.29) is 18.3 Å². The van der Waals surface area contributed by atoms with Crippen LogP contribution in [0.4, 0.5) is 5.69 Å². The molecule has 0 radical (unpaired) electrons. The second-order valence-electron chi connectivity index (χ2n) is 4.61. The summed E-state index contributed by atoms with van der Waals surface area (Å²) in [5.74, 6) is -0.541. The van der Waals surface area contributed by atoms with Gasteiger partial charge in [0.25, 0.3) is 11.8 Å². The molecular weight excluding hydrogens is 272 g/mol. The van der Waals surface area contributed by atoms with Crippen molar-refractivity contribution in [1.29, 1.82) is 0 Å². The summed E-state index contributed by atoms with van der Waals surface area (Å²) in [6.45, 7) is 2.00. The Morgan fingerprint density at radius 3 is 2.81 bits per heavy atom. The molecule has 1 atom stereocenters. The zero-order chi connectivity index (χ0) is 15.2. The van der Waals surface area contributed by atoms with Crippen LogP contribution in [0.3, 0.4) is 0 Å². The highest BCUT2D eigenvalue weighted by atomic mass is 16.3. The number of hydrazine groups is 1. The highest BCUT2D eigenvalue weighted by Gasteiger charge is 2.30. The maximum atomic E-state index is 12.1. The Morgan fingerprint density at radius 1 is 1.43 bits per heavy atom. The van der Waals surface area contributed by atoms with E-state index in [1.165, 1.54) is 5.01 Å². The maximum Gasteiger partial charge on any atom is 0.288 e. The molecule has 2 rings (SSSR count). The molecular formula is C14H18N4O3. The minimum atomic E-state index is -0.634. The molecule has 1 unspecified atom stereocenters. The molecule has 1 aliphatic heterocycles. The number of benzene rings is 1. The summed E-state index contributed by atoms with van der Waals surface area (Å²) in [7, 11) is 0. The summed E-state index contributed by atoms with van der Waals surface area (Å²) < 4.78 is 0. The topological polar surface area (TPSA) is 94.0 Å². The van der Waals surface area contributed by atoms with Gasteiger partial charge in [-0.05, 0) is 25.5 Å². The van der Waals surface area contributed by atoms with Crippen LogP contribution in [0, 0.1) is 0 Å². The Labute approximate surface area is 122 Å². The Kier molecular flexibility index (Phi) is 4.89.